The minimum atomic E-state index is 0.693. The van der Waals surface area contributed by atoms with Gasteiger partial charge in [-0.3, -0.25) is 0 Å². The van der Waals surface area contributed by atoms with Crippen molar-refractivity contribution < 1.29 is 9.26 Å². The second-order valence-corrected chi connectivity index (χ2v) is 5.33. The minimum absolute atomic E-state index is 0.693. The number of benzene rings is 1. The molecule has 0 spiro atoms. The molecule has 0 amide bonds. The number of hydrogen-bond acceptors (Lipinski definition) is 5. The van der Waals surface area contributed by atoms with Gasteiger partial charge in [-0.1, -0.05) is 5.16 Å². The quantitative estimate of drug-likeness (QED) is 0.849. The summed E-state index contributed by atoms with van der Waals surface area (Å²) >= 11 is 0. The third kappa shape index (κ3) is 4.49. The average molecular weight is 289 g/mol. The first-order chi connectivity index (χ1) is 10.1. The van der Waals surface area contributed by atoms with E-state index in [0.717, 1.165) is 35.0 Å². The molecule has 114 valence electrons. The van der Waals surface area contributed by atoms with E-state index < -0.39 is 0 Å². The van der Waals surface area contributed by atoms with Crippen molar-refractivity contribution in [1.82, 2.24) is 10.1 Å². The molecule has 0 aliphatic heterocycles. The van der Waals surface area contributed by atoms with E-state index in [9.17, 15) is 0 Å². The van der Waals surface area contributed by atoms with Gasteiger partial charge in [0.25, 0.3) is 0 Å². The van der Waals surface area contributed by atoms with E-state index in [1.54, 1.807) is 0 Å². The van der Waals surface area contributed by atoms with Crippen LogP contribution in [0.1, 0.15) is 17.0 Å². The average Bonchev–Trinajstić information content (AvgIpc) is 2.77. The molecule has 0 saturated heterocycles. The summed E-state index contributed by atoms with van der Waals surface area (Å²) in [6, 6.07) is 7.99. The third-order valence-electron chi connectivity index (χ3n) is 3.31. The number of anilines is 1. The fraction of sp³-hybridized carbons (Fsp3) is 0.438. The molecule has 0 saturated carbocycles. The van der Waals surface area contributed by atoms with Crippen LogP contribution in [0, 0.1) is 13.8 Å². The van der Waals surface area contributed by atoms with Gasteiger partial charge in [0.2, 0.25) is 0 Å². The van der Waals surface area contributed by atoms with Crippen molar-refractivity contribution in [2.75, 3.05) is 32.6 Å². The highest BCUT2D eigenvalue weighted by Gasteiger charge is 2.08. The van der Waals surface area contributed by atoms with Crippen molar-refractivity contribution in [2.24, 2.45) is 0 Å². The minimum Gasteiger partial charge on any atom is -0.492 e. The van der Waals surface area contributed by atoms with Crippen LogP contribution in [0.3, 0.4) is 0 Å². The molecule has 2 aromatic rings. The van der Waals surface area contributed by atoms with Gasteiger partial charge in [0.1, 0.15) is 18.1 Å². The molecule has 5 heteroatoms. The summed E-state index contributed by atoms with van der Waals surface area (Å²) in [5, 5.41) is 7.32. The van der Waals surface area contributed by atoms with Gasteiger partial charge in [0.15, 0.2) is 0 Å². The van der Waals surface area contributed by atoms with Crippen LogP contribution in [0.15, 0.2) is 28.8 Å². The number of nitrogens with zero attached hydrogens (tertiary/aromatic N) is 2. The number of rotatable bonds is 7. The van der Waals surface area contributed by atoms with Crippen LogP contribution in [0.2, 0.25) is 0 Å². The van der Waals surface area contributed by atoms with E-state index in [4.69, 9.17) is 9.26 Å². The highest BCUT2D eigenvalue weighted by atomic mass is 16.5. The Morgan fingerprint density at radius 2 is 1.90 bits per heavy atom. The summed E-state index contributed by atoms with van der Waals surface area (Å²) in [5.41, 5.74) is 3.10. The summed E-state index contributed by atoms with van der Waals surface area (Å²) in [7, 11) is 4.07. The maximum atomic E-state index is 5.67. The molecule has 21 heavy (non-hydrogen) atoms. The lowest BCUT2D eigenvalue weighted by Gasteiger charge is -2.11. The Bertz CT molecular complexity index is 542. The Balaban J connectivity index is 1.85. The summed E-state index contributed by atoms with van der Waals surface area (Å²) in [4.78, 5) is 2.10. The molecule has 1 aromatic heterocycles. The first-order valence-electron chi connectivity index (χ1n) is 7.09. The number of ether oxygens (including phenoxy) is 1. The van der Waals surface area contributed by atoms with E-state index in [2.05, 4.69) is 15.4 Å². The molecule has 0 radical (unpaired) electrons. The molecule has 1 heterocycles. The largest absolute Gasteiger partial charge is 0.492 e. The van der Waals surface area contributed by atoms with E-state index in [1.807, 2.05) is 52.2 Å². The van der Waals surface area contributed by atoms with Gasteiger partial charge >= 0.3 is 0 Å². The third-order valence-corrected chi connectivity index (χ3v) is 3.31. The Hall–Kier alpha value is -2.01. The SMILES string of the molecule is Cc1noc(C)c1CNc1ccc(OCCN(C)C)cc1. The fourth-order valence-corrected chi connectivity index (χ4v) is 1.96. The molecule has 2 rings (SSSR count). The van der Waals surface area contributed by atoms with Crippen LogP contribution in [0.4, 0.5) is 5.69 Å². The number of hydrogen-bond donors (Lipinski definition) is 1. The van der Waals surface area contributed by atoms with Crippen molar-refractivity contribution in [3.05, 3.63) is 41.3 Å². The van der Waals surface area contributed by atoms with Crippen molar-refractivity contribution in [2.45, 2.75) is 20.4 Å². The zero-order chi connectivity index (χ0) is 15.2. The van der Waals surface area contributed by atoms with Crippen LogP contribution >= 0.6 is 0 Å². The Morgan fingerprint density at radius 3 is 2.48 bits per heavy atom. The molecule has 5 nitrogen and oxygen atoms in total. The topological polar surface area (TPSA) is 50.5 Å². The van der Waals surface area contributed by atoms with Crippen LogP contribution in [-0.2, 0) is 6.54 Å². The van der Waals surface area contributed by atoms with Gasteiger partial charge in [-0.25, -0.2) is 0 Å². The van der Waals surface area contributed by atoms with Crippen molar-refractivity contribution >= 4 is 5.69 Å². The molecular weight excluding hydrogens is 266 g/mol. The second kappa shape index (κ2) is 7.13. The molecular formula is C16H23N3O2. The second-order valence-electron chi connectivity index (χ2n) is 5.33. The monoisotopic (exact) mass is 289 g/mol. The standard InChI is InChI=1S/C16H23N3O2/c1-12-16(13(2)21-18-12)11-17-14-5-7-15(8-6-14)20-10-9-19(3)4/h5-8,17H,9-11H2,1-4H3. The van der Waals surface area contributed by atoms with Gasteiger partial charge in [0.05, 0.1) is 5.69 Å². The van der Waals surface area contributed by atoms with Gasteiger partial charge < -0.3 is 19.5 Å². The molecule has 0 unspecified atom stereocenters. The predicted octanol–water partition coefficient (Wildman–Crippen LogP) is 2.84. The van der Waals surface area contributed by atoms with Gasteiger partial charge in [-0.05, 0) is 52.2 Å². The first kappa shape index (κ1) is 15.4. The Labute approximate surface area is 125 Å². The summed E-state index contributed by atoms with van der Waals surface area (Å²) in [6.45, 7) is 6.20. The maximum absolute atomic E-state index is 5.67. The highest BCUT2D eigenvalue weighted by molar-refractivity contribution is 5.47. The van der Waals surface area contributed by atoms with E-state index in [-0.39, 0.29) is 0 Å². The lowest BCUT2D eigenvalue weighted by atomic mass is 10.2. The molecule has 1 N–H and O–H groups in total. The normalized spacial score (nSPS) is 10.9. The van der Waals surface area contributed by atoms with E-state index in [0.29, 0.717) is 13.2 Å². The summed E-state index contributed by atoms with van der Waals surface area (Å²) in [6.07, 6.45) is 0. The van der Waals surface area contributed by atoms with Crippen molar-refractivity contribution in [3.8, 4) is 5.75 Å². The number of nitrogens with one attached hydrogen (secondary N) is 1. The molecule has 1 aromatic carbocycles. The van der Waals surface area contributed by atoms with Crippen LogP contribution in [-0.4, -0.2) is 37.3 Å². The van der Waals surface area contributed by atoms with Crippen molar-refractivity contribution in [3.63, 3.8) is 0 Å². The molecule has 0 aliphatic rings. The Kier molecular flexibility index (Phi) is 5.22. The summed E-state index contributed by atoms with van der Waals surface area (Å²) in [5.74, 6) is 1.75. The maximum Gasteiger partial charge on any atom is 0.138 e. The summed E-state index contributed by atoms with van der Waals surface area (Å²) < 4.78 is 10.8. The van der Waals surface area contributed by atoms with Crippen molar-refractivity contribution in [1.29, 1.82) is 0 Å². The predicted molar refractivity (Wildman–Crippen MR) is 83.8 cm³/mol. The molecule has 0 bridgehead atoms. The van der Waals surface area contributed by atoms with E-state index in [1.165, 1.54) is 0 Å². The molecule has 0 fully saturated rings. The lowest BCUT2D eigenvalue weighted by molar-refractivity contribution is 0.261. The van der Waals surface area contributed by atoms with Crippen LogP contribution in [0.25, 0.3) is 0 Å². The Morgan fingerprint density at radius 1 is 1.19 bits per heavy atom. The van der Waals surface area contributed by atoms with Crippen LogP contribution < -0.4 is 10.1 Å². The number of aryl methyl sites for hydroxylation is 2. The molecule has 0 aliphatic carbocycles. The smallest absolute Gasteiger partial charge is 0.138 e. The van der Waals surface area contributed by atoms with Gasteiger partial charge in [-0.15, -0.1) is 0 Å². The van der Waals surface area contributed by atoms with Gasteiger partial charge in [-0.2, -0.15) is 0 Å². The number of likely N-dealkylation sites (N-methyl/N-ethyl adjacent to an activating group) is 1. The van der Waals surface area contributed by atoms with E-state index >= 15 is 0 Å². The number of aromatic nitrogens is 1. The fourth-order valence-electron chi connectivity index (χ4n) is 1.96. The molecule has 0 atom stereocenters. The highest BCUT2D eigenvalue weighted by Crippen LogP contribution is 2.18. The van der Waals surface area contributed by atoms with Crippen LogP contribution in [0.5, 0.6) is 5.75 Å². The zero-order valence-corrected chi connectivity index (χ0v) is 13.1. The zero-order valence-electron chi connectivity index (χ0n) is 13.1. The lowest BCUT2D eigenvalue weighted by Crippen LogP contribution is -2.19. The van der Waals surface area contributed by atoms with Gasteiger partial charge in [0, 0.05) is 24.3 Å². The first-order valence-corrected chi connectivity index (χ1v) is 7.09.